The van der Waals surface area contributed by atoms with Crippen LogP contribution in [0.3, 0.4) is 0 Å². The smallest absolute Gasteiger partial charge is 0.232 e. The second-order valence-corrected chi connectivity index (χ2v) is 2.27. The highest BCUT2D eigenvalue weighted by Crippen LogP contribution is 2.15. The molecule has 0 unspecified atom stereocenters. The molecular weight excluding hydrogens is 142 g/mol. The van der Waals surface area contributed by atoms with Crippen molar-refractivity contribution in [3.8, 4) is 6.07 Å². The van der Waals surface area contributed by atoms with Crippen molar-refractivity contribution in [2.45, 2.75) is 13.2 Å². The van der Waals surface area contributed by atoms with Gasteiger partial charge in [0.1, 0.15) is 6.07 Å². The van der Waals surface area contributed by atoms with Crippen LogP contribution < -0.4 is 0 Å². The molecule has 1 aromatic heterocycles. The Morgan fingerprint density at radius 2 is 2.45 bits per heavy atom. The van der Waals surface area contributed by atoms with E-state index in [9.17, 15) is 0 Å². The molecule has 0 atom stereocenters. The summed E-state index contributed by atoms with van der Waals surface area (Å²) in [6.45, 7) is 1.08. The zero-order chi connectivity index (χ0) is 7.68. The number of ether oxygens (including phenoxy) is 1. The lowest BCUT2D eigenvalue weighted by Gasteiger charge is -1.92. The average molecular weight is 147 g/mol. The Hall–Kier alpha value is -1.47. The van der Waals surface area contributed by atoms with Crippen LogP contribution in [-0.4, -0.2) is 9.97 Å². The van der Waals surface area contributed by atoms with E-state index in [4.69, 9.17) is 10.00 Å². The number of hydrogen-bond acceptors (Lipinski definition) is 4. The first kappa shape index (κ1) is 6.25. The molecule has 0 aromatic carbocycles. The highest BCUT2D eigenvalue weighted by molar-refractivity contribution is 5.22. The number of aromatic nitrogens is 2. The molecule has 4 heteroatoms. The van der Waals surface area contributed by atoms with Crippen LogP contribution in [0.25, 0.3) is 0 Å². The Labute approximate surface area is 63.5 Å². The van der Waals surface area contributed by atoms with Crippen molar-refractivity contribution in [2.75, 3.05) is 0 Å². The minimum absolute atomic E-state index is 0.217. The fraction of sp³-hybridized carbons (Fsp3) is 0.286. The highest BCUT2D eigenvalue weighted by atomic mass is 16.5. The van der Waals surface area contributed by atoms with Gasteiger partial charge in [0.15, 0.2) is 0 Å². The zero-order valence-corrected chi connectivity index (χ0v) is 5.74. The fourth-order valence-electron chi connectivity index (χ4n) is 0.999. The first-order valence-corrected chi connectivity index (χ1v) is 3.23. The van der Waals surface area contributed by atoms with Crippen LogP contribution >= 0.6 is 0 Å². The van der Waals surface area contributed by atoms with Gasteiger partial charge >= 0.3 is 0 Å². The maximum atomic E-state index is 8.45. The van der Waals surface area contributed by atoms with Crippen LogP contribution in [0.4, 0.5) is 0 Å². The monoisotopic (exact) mass is 147 g/mol. The van der Waals surface area contributed by atoms with E-state index in [1.165, 1.54) is 0 Å². The molecule has 0 aliphatic carbocycles. The van der Waals surface area contributed by atoms with E-state index < -0.39 is 0 Å². The predicted molar refractivity (Wildman–Crippen MR) is 35.2 cm³/mol. The molecule has 0 spiro atoms. The molecular formula is C7H5N3O. The molecule has 11 heavy (non-hydrogen) atoms. The molecule has 0 amide bonds. The molecule has 2 rings (SSSR count). The van der Waals surface area contributed by atoms with Crippen molar-refractivity contribution in [1.29, 1.82) is 5.26 Å². The van der Waals surface area contributed by atoms with Gasteiger partial charge in [-0.1, -0.05) is 0 Å². The van der Waals surface area contributed by atoms with Gasteiger partial charge in [-0.15, -0.1) is 0 Å². The summed E-state index contributed by atoms with van der Waals surface area (Å²) >= 11 is 0. The second-order valence-electron chi connectivity index (χ2n) is 2.27. The van der Waals surface area contributed by atoms with E-state index in [0.29, 0.717) is 13.2 Å². The van der Waals surface area contributed by atoms with Crippen LogP contribution in [0.1, 0.15) is 17.1 Å². The van der Waals surface area contributed by atoms with Crippen molar-refractivity contribution < 1.29 is 4.74 Å². The van der Waals surface area contributed by atoms with Gasteiger partial charge in [-0.3, -0.25) is 0 Å². The van der Waals surface area contributed by atoms with Crippen molar-refractivity contribution >= 4 is 0 Å². The van der Waals surface area contributed by atoms with Gasteiger partial charge in [0.05, 0.1) is 18.9 Å². The van der Waals surface area contributed by atoms with Crippen molar-refractivity contribution in [2.24, 2.45) is 0 Å². The lowest BCUT2D eigenvalue weighted by Crippen LogP contribution is -1.94. The van der Waals surface area contributed by atoms with E-state index in [-0.39, 0.29) is 5.82 Å². The minimum atomic E-state index is 0.217. The quantitative estimate of drug-likeness (QED) is 0.532. The third kappa shape index (κ3) is 0.954. The van der Waals surface area contributed by atoms with E-state index in [2.05, 4.69) is 9.97 Å². The van der Waals surface area contributed by atoms with Gasteiger partial charge in [0, 0.05) is 11.8 Å². The Kier molecular flexibility index (Phi) is 1.30. The van der Waals surface area contributed by atoms with Gasteiger partial charge in [-0.2, -0.15) is 5.26 Å². The van der Waals surface area contributed by atoms with E-state index in [1.807, 2.05) is 6.07 Å². The Morgan fingerprint density at radius 1 is 1.55 bits per heavy atom. The normalized spacial score (nSPS) is 14.1. The van der Waals surface area contributed by atoms with Crippen LogP contribution in [0.15, 0.2) is 6.20 Å². The molecule has 1 aromatic rings. The summed E-state index contributed by atoms with van der Waals surface area (Å²) in [6, 6.07) is 1.88. The Morgan fingerprint density at radius 3 is 3.27 bits per heavy atom. The molecule has 0 N–H and O–H groups in total. The fourth-order valence-corrected chi connectivity index (χ4v) is 0.999. The lowest BCUT2D eigenvalue weighted by molar-refractivity contribution is 0.133. The molecule has 0 bridgehead atoms. The van der Waals surface area contributed by atoms with Crippen LogP contribution in [-0.2, 0) is 18.0 Å². The summed E-state index contributed by atoms with van der Waals surface area (Å²) in [4.78, 5) is 7.79. The van der Waals surface area contributed by atoms with Gasteiger partial charge in [0.25, 0.3) is 0 Å². The van der Waals surface area contributed by atoms with E-state index in [1.54, 1.807) is 6.20 Å². The average Bonchev–Trinajstić information content (AvgIpc) is 2.50. The molecule has 1 aliphatic rings. The number of fused-ring (bicyclic) bond motifs is 1. The van der Waals surface area contributed by atoms with Crippen molar-refractivity contribution in [3.63, 3.8) is 0 Å². The number of nitriles is 1. The largest absolute Gasteiger partial charge is 0.370 e. The molecule has 1 aliphatic heterocycles. The predicted octanol–water partition coefficient (Wildman–Crippen LogP) is 0.378. The Balaban J connectivity index is 2.51. The topological polar surface area (TPSA) is 58.8 Å². The summed E-state index contributed by atoms with van der Waals surface area (Å²) in [5.41, 5.74) is 1.83. The number of rotatable bonds is 0. The van der Waals surface area contributed by atoms with Gasteiger partial charge in [-0.05, 0) is 0 Å². The van der Waals surface area contributed by atoms with Crippen LogP contribution in [0.2, 0.25) is 0 Å². The minimum Gasteiger partial charge on any atom is -0.370 e. The van der Waals surface area contributed by atoms with Gasteiger partial charge in [0.2, 0.25) is 5.82 Å². The number of nitrogens with zero attached hydrogens (tertiary/aromatic N) is 3. The van der Waals surface area contributed by atoms with Crippen molar-refractivity contribution in [1.82, 2.24) is 9.97 Å². The third-order valence-corrected chi connectivity index (χ3v) is 1.55. The van der Waals surface area contributed by atoms with E-state index in [0.717, 1.165) is 11.3 Å². The highest BCUT2D eigenvalue weighted by Gasteiger charge is 2.13. The summed E-state index contributed by atoms with van der Waals surface area (Å²) in [6.07, 6.45) is 1.65. The van der Waals surface area contributed by atoms with Crippen LogP contribution in [0.5, 0.6) is 0 Å². The maximum absolute atomic E-state index is 8.45. The first-order valence-electron chi connectivity index (χ1n) is 3.23. The first-order chi connectivity index (χ1) is 5.40. The standard InChI is InChI=1S/C7H5N3O/c8-1-7-9-2-5-3-11-4-6(5)10-7/h2H,3-4H2. The molecule has 2 heterocycles. The molecule has 54 valence electrons. The van der Waals surface area contributed by atoms with Gasteiger partial charge < -0.3 is 4.74 Å². The van der Waals surface area contributed by atoms with Crippen molar-refractivity contribution in [3.05, 3.63) is 23.3 Å². The SMILES string of the molecule is N#Cc1ncc2c(n1)COC2. The summed E-state index contributed by atoms with van der Waals surface area (Å²) < 4.78 is 5.10. The summed E-state index contributed by atoms with van der Waals surface area (Å²) in [7, 11) is 0. The summed E-state index contributed by atoms with van der Waals surface area (Å²) in [5, 5.41) is 8.45. The third-order valence-electron chi connectivity index (χ3n) is 1.55. The maximum Gasteiger partial charge on any atom is 0.232 e. The second kappa shape index (κ2) is 2.29. The molecule has 0 saturated carbocycles. The number of hydrogen-bond donors (Lipinski definition) is 0. The van der Waals surface area contributed by atoms with Gasteiger partial charge in [-0.25, -0.2) is 9.97 Å². The van der Waals surface area contributed by atoms with E-state index >= 15 is 0 Å². The molecule has 0 radical (unpaired) electrons. The molecule has 0 fully saturated rings. The summed E-state index contributed by atoms with van der Waals surface area (Å²) in [5.74, 6) is 0.217. The Bertz CT molecular complexity index is 329. The van der Waals surface area contributed by atoms with Crippen LogP contribution in [0, 0.1) is 11.3 Å². The molecule has 0 saturated heterocycles. The lowest BCUT2D eigenvalue weighted by atomic mass is 10.3. The zero-order valence-electron chi connectivity index (χ0n) is 5.74. The molecule has 4 nitrogen and oxygen atoms in total.